The van der Waals surface area contributed by atoms with Crippen molar-refractivity contribution in [3.8, 4) is 0 Å². The van der Waals surface area contributed by atoms with E-state index in [1.807, 2.05) is 0 Å². The van der Waals surface area contributed by atoms with Crippen LogP contribution in [0.25, 0.3) is 0 Å². The van der Waals surface area contributed by atoms with Gasteiger partial charge in [0.25, 0.3) is 0 Å². The van der Waals surface area contributed by atoms with E-state index >= 15 is 0 Å². The van der Waals surface area contributed by atoms with Gasteiger partial charge in [0.15, 0.2) is 0 Å². The van der Waals surface area contributed by atoms with E-state index in [0.29, 0.717) is 0 Å². The second-order valence-electron chi connectivity index (χ2n) is 5.06. The van der Waals surface area contributed by atoms with E-state index in [-0.39, 0.29) is 0 Å². The van der Waals surface area contributed by atoms with E-state index in [1.165, 1.54) is 31.2 Å². The maximum Gasteiger partial charge on any atom is -0.0199 e. The molecule has 3 rings (SSSR count). The zero-order valence-electron chi connectivity index (χ0n) is 9.10. The summed E-state index contributed by atoms with van der Waals surface area (Å²) < 4.78 is 0. The average molecular weight is 198 g/mol. The van der Waals surface area contributed by atoms with Crippen molar-refractivity contribution in [1.29, 1.82) is 0 Å². The first-order chi connectivity index (χ1) is 7.42. The summed E-state index contributed by atoms with van der Waals surface area (Å²) in [4.78, 5) is 0. The molecule has 1 aromatic rings. The van der Waals surface area contributed by atoms with Gasteiger partial charge in [-0.15, -0.1) is 0 Å². The highest BCUT2D eigenvalue weighted by Gasteiger charge is 2.34. The van der Waals surface area contributed by atoms with Crippen LogP contribution < -0.4 is 0 Å². The van der Waals surface area contributed by atoms with Crippen LogP contribution in [0.5, 0.6) is 0 Å². The van der Waals surface area contributed by atoms with Crippen molar-refractivity contribution in [1.82, 2.24) is 0 Å². The molecule has 0 aromatic heterocycles. The number of fused-ring (bicyclic) bond motifs is 2. The minimum absolute atomic E-state index is 0.915. The third-order valence-corrected chi connectivity index (χ3v) is 4.06. The summed E-state index contributed by atoms with van der Waals surface area (Å²) in [6.45, 7) is 0. The first-order valence-electron chi connectivity index (χ1n) is 6.14. The summed E-state index contributed by atoms with van der Waals surface area (Å²) in [5.41, 5.74) is 1.50. The summed E-state index contributed by atoms with van der Waals surface area (Å²) in [7, 11) is 0. The summed E-state index contributed by atoms with van der Waals surface area (Å²) >= 11 is 0. The Morgan fingerprint density at radius 3 is 2.53 bits per heavy atom. The highest BCUT2D eigenvalue weighted by molar-refractivity contribution is 5.16. The molecule has 3 atom stereocenters. The molecule has 1 aromatic carbocycles. The summed E-state index contributed by atoms with van der Waals surface area (Å²) in [5, 5.41) is 0. The lowest BCUT2D eigenvalue weighted by atomic mass is 9.88. The minimum atomic E-state index is 0.915. The topological polar surface area (TPSA) is 0 Å². The van der Waals surface area contributed by atoms with Crippen LogP contribution in [0.15, 0.2) is 42.5 Å². The number of aryl methyl sites for hydroxylation is 1. The molecule has 2 aliphatic carbocycles. The predicted molar refractivity (Wildman–Crippen MR) is 63.6 cm³/mol. The Morgan fingerprint density at radius 2 is 1.87 bits per heavy atom. The van der Waals surface area contributed by atoms with E-state index in [9.17, 15) is 0 Å². The van der Waals surface area contributed by atoms with Crippen LogP contribution >= 0.6 is 0 Å². The molecule has 0 heteroatoms. The number of benzene rings is 1. The lowest BCUT2D eigenvalue weighted by molar-refractivity contribution is 0.416. The lowest BCUT2D eigenvalue weighted by Crippen LogP contribution is -2.07. The molecule has 0 amide bonds. The molecule has 1 fully saturated rings. The van der Waals surface area contributed by atoms with Crippen LogP contribution in [0.3, 0.4) is 0 Å². The van der Waals surface area contributed by atoms with Crippen LogP contribution in [-0.2, 0) is 6.42 Å². The van der Waals surface area contributed by atoms with Crippen molar-refractivity contribution in [2.75, 3.05) is 0 Å². The van der Waals surface area contributed by atoms with E-state index in [4.69, 9.17) is 0 Å². The molecule has 0 saturated heterocycles. The smallest absolute Gasteiger partial charge is 0.0199 e. The number of hydrogen-bond donors (Lipinski definition) is 0. The van der Waals surface area contributed by atoms with Crippen LogP contribution in [0.4, 0.5) is 0 Å². The standard InChI is InChI=1S/C15H18/c1-2-4-12(5-3-1)6-8-14-10-13-7-9-15(14)11-13/h1-5,7,9,13-15H,6,8,10-11H2. The Labute approximate surface area is 92.0 Å². The molecule has 0 aliphatic heterocycles. The molecule has 0 heterocycles. The van der Waals surface area contributed by atoms with Crippen LogP contribution in [0.2, 0.25) is 0 Å². The summed E-state index contributed by atoms with van der Waals surface area (Å²) in [6, 6.07) is 10.9. The predicted octanol–water partition coefficient (Wildman–Crippen LogP) is 3.83. The van der Waals surface area contributed by atoms with Crippen molar-refractivity contribution in [2.45, 2.75) is 25.7 Å². The van der Waals surface area contributed by atoms with Gasteiger partial charge in [-0.05, 0) is 49.0 Å². The van der Waals surface area contributed by atoms with Crippen molar-refractivity contribution in [3.63, 3.8) is 0 Å². The van der Waals surface area contributed by atoms with Crippen molar-refractivity contribution < 1.29 is 0 Å². The first kappa shape index (κ1) is 9.21. The molecular formula is C15H18. The SMILES string of the molecule is C1=CC2CC1CC2CCc1ccccc1. The van der Waals surface area contributed by atoms with Crippen LogP contribution in [-0.4, -0.2) is 0 Å². The van der Waals surface area contributed by atoms with Gasteiger partial charge in [-0.1, -0.05) is 42.5 Å². The largest absolute Gasteiger partial charge is 0.0851 e. The van der Waals surface area contributed by atoms with Gasteiger partial charge in [0.2, 0.25) is 0 Å². The molecule has 0 spiro atoms. The van der Waals surface area contributed by atoms with Gasteiger partial charge in [-0.2, -0.15) is 0 Å². The Kier molecular flexibility index (Phi) is 2.36. The maximum absolute atomic E-state index is 2.46. The Hall–Kier alpha value is -1.04. The van der Waals surface area contributed by atoms with Crippen molar-refractivity contribution in [2.24, 2.45) is 17.8 Å². The third kappa shape index (κ3) is 1.86. The zero-order chi connectivity index (χ0) is 10.1. The fourth-order valence-corrected chi connectivity index (χ4v) is 3.22. The van der Waals surface area contributed by atoms with E-state index < -0.39 is 0 Å². The van der Waals surface area contributed by atoms with Gasteiger partial charge in [-0.3, -0.25) is 0 Å². The molecule has 15 heavy (non-hydrogen) atoms. The molecule has 0 radical (unpaired) electrons. The molecule has 2 bridgehead atoms. The quantitative estimate of drug-likeness (QED) is 0.647. The van der Waals surface area contributed by atoms with Gasteiger partial charge in [0.05, 0.1) is 0 Å². The van der Waals surface area contributed by atoms with Crippen molar-refractivity contribution in [3.05, 3.63) is 48.0 Å². The van der Waals surface area contributed by atoms with E-state index in [1.54, 1.807) is 0 Å². The average Bonchev–Trinajstić information content (AvgIpc) is 2.89. The molecule has 3 unspecified atom stereocenters. The van der Waals surface area contributed by atoms with Crippen LogP contribution in [0.1, 0.15) is 24.8 Å². The van der Waals surface area contributed by atoms with Crippen LogP contribution in [0, 0.1) is 17.8 Å². The molecule has 0 N–H and O–H groups in total. The second-order valence-corrected chi connectivity index (χ2v) is 5.06. The van der Waals surface area contributed by atoms with Gasteiger partial charge < -0.3 is 0 Å². The third-order valence-electron chi connectivity index (χ3n) is 4.06. The van der Waals surface area contributed by atoms with Crippen molar-refractivity contribution >= 4 is 0 Å². The zero-order valence-corrected chi connectivity index (χ0v) is 9.10. The summed E-state index contributed by atoms with van der Waals surface area (Å²) in [5.74, 6) is 2.81. The lowest BCUT2D eigenvalue weighted by Gasteiger charge is -2.17. The molecular weight excluding hydrogens is 180 g/mol. The molecule has 2 aliphatic rings. The highest BCUT2D eigenvalue weighted by Crippen LogP contribution is 2.45. The number of rotatable bonds is 3. The number of allylic oxidation sites excluding steroid dienone is 2. The molecule has 78 valence electrons. The normalized spacial score (nSPS) is 32.4. The fourth-order valence-electron chi connectivity index (χ4n) is 3.22. The summed E-state index contributed by atoms with van der Waals surface area (Å²) in [6.07, 6.45) is 10.4. The van der Waals surface area contributed by atoms with Gasteiger partial charge in [0, 0.05) is 0 Å². The van der Waals surface area contributed by atoms with Gasteiger partial charge >= 0.3 is 0 Å². The van der Waals surface area contributed by atoms with E-state index in [0.717, 1.165) is 17.8 Å². The minimum Gasteiger partial charge on any atom is -0.0851 e. The number of hydrogen-bond acceptors (Lipinski definition) is 0. The first-order valence-corrected chi connectivity index (χ1v) is 6.14. The van der Waals surface area contributed by atoms with Gasteiger partial charge in [-0.25, -0.2) is 0 Å². The fraction of sp³-hybridized carbons (Fsp3) is 0.467. The van der Waals surface area contributed by atoms with E-state index in [2.05, 4.69) is 42.5 Å². The Balaban J connectivity index is 1.57. The van der Waals surface area contributed by atoms with Gasteiger partial charge in [0.1, 0.15) is 0 Å². The molecule has 1 saturated carbocycles. The monoisotopic (exact) mass is 198 g/mol. The maximum atomic E-state index is 2.46. The highest BCUT2D eigenvalue weighted by atomic mass is 14.4. The Bertz CT molecular complexity index is 350. The Morgan fingerprint density at radius 1 is 1.00 bits per heavy atom. The molecule has 0 nitrogen and oxygen atoms in total. The second kappa shape index (κ2) is 3.84.